The minimum absolute atomic E-state index is 0.758. The van der Waals surface area contributed by atoms with E-state index in [1.54, 1.807) is 17.6 Å². The van der Waals surface area contributed by atoms with Crippen LogP contribution in [0.3, 0.4) is 0 Å². The lowest BCUT2D eigenvalue weighted by atomic mass is 9.75. The highest BCUT2D eigenvalue weighted by atomic mass is 32.1. The Morgan fingerprint density at radius 1 is 1.25 bits per heavy atom. The van der Waals surface area contributed by atoms with Crippen LogP contribution in [0.4, 0.5) is 0 Å². The van der Waals surface area contributed by atoms with Gasteiger partial charge in [0.2, 0.25) is 0 Å². The van der Waals surface area contributed by atoms with Crippen molar-refractivity contribution >= 4 is 30.1 Å². The van der Waals surface area contributed by atoms with E-state index in [2.05, 4.69) is 16.6 Å². The monoisotopic (exact) mass is 229 g/mol. The maximum absolute atomic E-state index is 9.55. The van der Waals surface area contributed by atoms with Crippen molar-refractivity contribution in [1.82, 2.24) is 0 Å². The summed E-state index contributed by atoms with van der Waals surface area (Å²) in [6, 6.07) is 7.93. The van der Waals surface area contributed by atoms with Crippen LogP contribution in [0.15, 0.2) is 40.2 Å². The SMILES string of the molecule is OB1ON=Cc2cc(-c3ccsc3)ccc21. The molecule has 3 rings (SSSR count). The first kappa shape index (κ1) is 9.63. The van der Waals surface area contributed by atoms with Crippen LogP contribution in [-0.2, 0) is 4.76 Å². The summed E-state index contributed by atoms with van der Waals surface area (Å²) in [6.07, 6.45) is 1.62. The summed E-state index contributed by atoms with van der Waals surface area (Å²) in [5.74, 6) is 0. The molecule has 0 saturated heterocycles. The molecule has 5 heteroatoms. The van der Waals surface area contributed by atoms with Crippen LogP contribution in [0.5, 0.6) is 0 Å². The quantitative estimate of drug-likeness (QED) is 0.752. The molecule has 0 amide bonds. The van der Waals surface area contributed by atoms with Crippen LogP contribution in [0.2, 0.25) is 0 Å². The van der Waals surface area contributed by atoms with Crippen LogP contribution >= 0.6 is 11.3 Å². The molecule has 0 bridgehead atoms. The average Bonchev–Trinajstić information content (AvgIpc) is 2.82. The Labute approximate surface area is 97.1 Å². The van der Waals surface area contributed by atoms with Crippen LogP contribution in [0.25, 0.3) is 11.1 Å². The highest BCUT2D eigenvalue weighted by molar-refractivity contribution is 7.08. The predicted octanol–water partition coefficient (Wildman–Crippen LogP) is 1.47. The fourth-order valence-electron chi connectivity index (χ4n) is 1.72. The third-order valence-electron chi connectivity index (χ3n) is 2.56. The molecular weight excluding hydrogens is 221 g/mol. The first-order chi connectivity index (χ1) is 7.84. The van der Waals surface area contributed by atoms with Crippen molar-refractivity contribution in [2.24, 2.45) is 5.16 Å². The molecule has 1 aromatic heterocycles. The minimum Gasteiger partial charge on any atom is -0.427 e. The second kappa shape index (κ2) is 3.77. The standard InChI is InChI=1S/C11H8BNO2S/c14-12-11-2-1-8(9-3-4-16-7-9)5-10(11)6-13-15-12/h1-7,14H. The highest BCUT2D eigenvalue weighted by Crippen LogP contribution is 2.22. The van der Waals surface area contributed by atoms with Crippen LogP contribution < -0.4 is 5.46 Å². The molecule has 2 heterocycles. The Bertz CT molecular complexity index is 539. The van der Waals surface area contributed by atoms with Gasteiger partial charge in [-0.1, -0.05) is 12.1 Å². The molecule has 0 atom stereocenters. The molecule has 16 heavy (non-hydrogen) atoms. The molecule has 2 aromatic rings. The molecule has 0 fully saturated rings. The summed E-state index contributed by atoms with van der Waals surface area (Å²) in [5, 5.41) is 17.3. The Hall–Kier alpha value is -1.59. The second-order valence-corrected chi connectivity index (χ2v) is 4.33. The van der Waals surface area contributed by atoms with Gasteiger partial charge in [0.1, 0.15) is 0 Å². The number of oxime groups is 1. The molecule has 1 aromatic carbocycles. The second-order valence-electron chi connectivity index (χ2n) is 3.55. The minimum atomic E-state index is -0.948. The normalized spacial score (nSPS) is 13.4. The summed E-state index contributed by atoms with van der Waals surface area (Å²) in [7, 11) is -0.948. The van der Waals surface area contributed by atoms with E-state index in [0.29, 0.717) is 0 Å². The average molecular weight is 229 g/mol. The van der Waals surface area contributed by atoms with Crippen LogP contribution in [-0.4, -0.2) is 18.4 Å². The van der Waals surface area contributed by atoms with E-state index in [9.17, 15) is 5.02 Å². The first-order valence-corrected chi connectivity index (χ1v) is 5.82. The van der Waals surface area contributed by atoms with Crippen molar-refractivity contribution in [1.29, 1.82) is 0 Å². The number of hydrogen-bond donors (Lipinski definition) is 1. The van der Waals surface area contributed by atoms with Gasteiger partial charge in [-0.3, -0.25) is 0 Å². The highest BCUT2D eigenvalue weighted by Gasteiger charge is 2.24. The van der Waals surface area contributed by atoms with Crippen molar-refractivity contribution in [2.45, 2.75) is 0 Å². The number of rotatable bonds is 1. The molecule has 1 N–H and O–H groups in total. The zero-order valence-electron chi connectivity index (χ0n) is 8.33. The first-order valence-electron chi connectivity index (χ1n) is 4.88. The Balaban J connectivity index is 2.10. The third-order valence-corrected chi connectivity index (χ3v) is 3.24. The van der Waals surface area contributed by atoms with Crippen molar-refractivity contribution in [3.8, 4) is 11.1 Å². The van der Waals surface area contributed by atoms with Crippen molar-refractivity contribution in [3.05, 3.63) is 40.6 Å². The van der Waals surface area contributed by atoms with E-state index in [-0.39, 0.29) is 0 Å². The van der Waals surface area contributed by atoms with Crippen molar-refractivity contribution in [2.75, 3.05) is 0 Å². The molecule has 1 aliphatic rings. The summed E-state index contributed by atoms with van der Waals surface area (Å²) in [5.41, 5.74) is 3.97. The maximum Gasteiger partial charge on any atom is 0.583 e. The van der Waals surface area contributed by atoms with E-state index in [1.807, 2.05) is 23.6 Å². The molecule has 78 valence electrons. The topological polar surface area (TPSA) is 41.8 Å². The van der Waals surface area contributed by atoms with Gasteiger partial charge in [-0.25, -0.2) is 0 Å². The molecular formula is C11H8BNO2S. The van der Waals surface area contributed by atoms with Crippen LogP contribution in [0.1, 0.15) is 5.56 Å². The summed E-state index contributed by atoms with van der Waals surface area (Å²) in [6.45, 7) is 0. The van der Waals surface area contributed by atoms with Crippen LogP contribution in [0, 0.1) is 0 Å². The Kier molecular flexibility index (Phi) is 2.27. The Morgan fingerprint density at radius 2 is 2.19 bits per heavy atom. The van der Waals surface area contributed by atoms with E-state index in [4.69, 9.17) is 4.76 Å². The van der Waals surface area contributed by atoms with Gasteiger partial charge >= 0.3 is 7.12 Å². The van der Waals surface area contributed by atoms with Gasteiger partial charge < -0.3 is 9.78 Å². The maximum atomic E-state index is 9.55. The number of hydrogen-bond acceptors (Lipinski definition) is 4. The summed E-state index contributed by atoms with van der Waals surface area (Å²) >= 11 is 1.66. The van der Waals surface area contributed by atoms with Gasteiger partial charge in [-0.05, 0) is 39.6 Å². The van der Waals surface area contributed by atoms with Gasteiger partial charge in [0.25, 0.3) is 0 Å². The number of nitrogens with zero attached hydrogens (tertiary/aromatic N) is 1. The van der Waals surface area contributed by atoms with E-state index in [0.717, 1.165) is 16.6 Å². The van der Waals surface area contributed by atoms with Crippen molar-refractivity contribution in [3.63, 3.8) is 0 Å². The summed E-state index contributed by atoms with van der Waals surface area (Å²) < 4.78 is 4.76. The number of thiophene rings is 1. The van der Waals surface area contributed by atoms with E-state index in [1.165, 1.54) is 5.56 Å². The van der Waals surface area contributed by atoms with Gasteiger partial charge in [-0.15, -0.1) is 5.16 Å². The zero-order chi connectivity index (χ0) is 11.0. The predicted molar refractivity (Wildman–Crippen MR) is 66.0 cm³/mol. The molecule has 0 spiro atoms. The molecule has 0 radical (unpaired) electrons. The lowest BCUT2D eigenvalue weighted by Gasteiger charge is -2.13. The molecule has 1 aliphatic heterocycles. The molecule has 0 saturated carbocycles. The lowest BCUT2D eigenvalue weighted by molar-refractivity contribution is 0.286. The van der Waals surface area contributed by atoms with Crippen molar-refractivity contribution < 1.29 is 9.78 Å². The van der Waals surface area contributed by atoms with Gasteiger partial charge in [0.05, 0.1) is 6.21 Å². The molecule has 0 aliphatic carbocycles. The Morgan fingerprint density at radius 3 is 3.00 bits per heavy atom. The lowest BCUT2D eigenvalue weighted by Crippen LogP contribution is -2.37. The smallest absolute Gasteiger partial charge is 0.427 e. The molecule has 3 nitrogen and oxygen atoms in total. The van der Waals surface area contributed by atoms with Gasteiger partial charge in [0.15, 0.2) is 0 Å². The largest absolute Gasteiger partial charge is 0.583 e. The van der Waals surface area contributed by atoms with Gasteiger partial charge in [0, 0.05) is 5.46 Å². The van der Waals surface area contributed by atoms with E-state index < -0.39 is 7.12 Å². The third kappa shape index (κ3) is 1.54. The number of fused-ring (bicyclic) bond motifs is 1. The fourth-order valence-corrected chi connectivity index (χ4v) is 2.39. The summed E-state index contributed by atoms with van der Waals surface area (Å²) in [4.78, 5) is 0. The van der Waals surface area contributed by atoms with Gasteiger partial charge in [-0.2, -0.15) is 11.3 Å². The number of benzene rings is 1. The zero-order valence-corrected chi connectivity index (χ0v) is 9.15. The molecule has 0 unspecified atom stereocenters. The van der Waals surface area contributed by atoms with E-state index >= 15 is 0 Å². The fraction of sp³-hybridized carbons (Fsp3) is 0.